The van der Waals surface area contributed by atoms with Crippen LogP contribution in [0.15, 0.2) is 57.0 Å². The minimum Gasteiger partial charge on any atom is -0.451 e. The normalized spacial score (nSPS) is 11.0. The minimum atomic E-state index is -0.308. The van der Waals surface area contributed by atoms with Gasteiger partial charge in [0.2, 0.25) is 0 Å². The van der Waals surface area contributed by atoms with Gasteiger partial charge in [-0.3, -0.25) is 15.1 Å². The van der Waals surface area contributed by atoms with Gasteiger partial charge >= 0.3 is 0 Å². The lowest BCUT2D eigenvalue weighted by Crippen LogP contribution is -2.11. The van der Waals surface area contributed by atoms with Crippen molar-refractivity contribution < 1.29 is 9.21 Å². The molecule has 5 nitrogen and oxygen atoms in total. The Morgan fingerprint density at radius 2 is 2.20 bits per heavy atom. The Morgan fingerprint density at radius 1 is 1.32 bits per heavy atom. The highest BCUT2D eigenvalue weighted by atomic mass is 79.9. The molecule has 3 heterocycles. The average Bonchev–Trinajstić information content (AvgIpc) is 3.21. The summed E-state index contributed by atoms with van der Waals surface area (Å²) in [5, 5.41) is 6.12. The number of hydrogen-bond acceptors (Lipinski definition) is 5. The fourth-order valence-corrected chi connectivity index (χ4v) is 3.62. The number of benzene rings is 1. The third-order valence-electron chi connectivity index (χ3n) is 3.79. The molecule has 4 aromatic rings. The van der Waals surface area contributed by atoms with E-state index in [1.807, 2.05) is 42.6 Å². The van der Waals surface area contributed by atoms with Gasteiger partial charge < -0.3 is 4.42 Å². The Balaban J connectivity index is 1.61. The van der Waals surface area contributed by atoms with E-state index in [0.717, 1.165) is 26.7 Å². The van der Waals surface area contributed by atoms with E-state index in [-0.39, 0.29) is 5.91 Å². The Hall–Kier alpha value is -2.51. The van der Waals surface area contributed by atoms with Crippen LogP contribution in [-0.4, -0.2) is 15.9 Å². The van der Waals surface area contributed by atoms with Crippen LogP contribution in [0.4, 0.5) is 5.13 Å². The number of nitrogens with zero attached hydrogens (tertiary/aromatic N) is 2. The zero-order valence-electron chi connectivity index (χ0n) is 13.1. The summed E-state index contributed by atoms with van der Waals surface area (Å²) in [6, 6.07) is 9.44. The number of carbonyl (C=O) groups is 1. The van der Waals surface area contributed by atoms with Crippen molar-refractivity contribution in [1.29, 1.82) is 0 Å². The molecule has 7 heteroatoms. The highest BCUT2D eigenvalue weighted by Gasteiger charge is 2.19. The molecule has 0 aliphatic carbocycles. The van der Waals surface area contributed by atoms with Crippen LogP contribution in [-0.2, 0) is 0 Å². The van der Waals surface area contributed by atoms with Gasteiger partial charge in [0.15, 0.2) is 10.9 Å². The van der Waals surface area contributed by atoms with Gasteiger partial charge in [0.25, 0.3) is 5.91 Å². The first-order chi connectivity index (χ1) is 12.1. The maximum atomic E-state index is 12.6. The van der Waals surface area contributed by atoms with Gasteiger partial charge in [0.05, 0.1) is 5.69 Å². The van der Waals surface area contributed by atoms with E-state index >= 15 is 0 Å². The Morgan fingerprint density at radius 3 is 3.00 bits per heavy atom. The van der Waals surface area contributed by atoms with E-state index in [1.165, 1.54) is 11.3 Å². The molecule has 0 unspecified atom stereocenters. The molecule has 0 bridgehead atoms. The quantitative estimate of drug-likeness (QED) is 0.496. The summed E-state index contributed by atoms with van der Waals surface area (Å²) in [7, 11) is 0. The van der Waals surface area contributed by atoms with Crippen molar-refractivity contribution in [2.24, 2.45) is 0 Å². The monoisotopic (exact) mass is 413 g/mol. The standard InChI is InChI=1S/C18H12BrN3O2S/c1-10-13-7-12(19)4-5-15(13)24-16(10)17(23)22-18-21-14(9-25-18)11-3-2-6-20-8-11/h2-9H,1H3,(H,21,22,23). The number of hydrogen-bond donors (Lipinski definition) is 1. The van der Waals surface area contributed by atoms with Crippen molar-refractivity contribution in [3.05, 3.63) is 63.9 Å². The largest absolute Gasteiger partial charge is 0.451 e. The lowest BCUT2D eigenvalue weighted by Gasteiger charge is -1.99. The number of nitrogens with one attached hydrogen (secondary N) is 1. The summed E-state index contributed by atoms with van der Waals surface area (Å²) in [5.74, 6) is -0.0110. The third kappa shape index (κ3) is 3.08. The third-order valence-corrected chi connectivity index (χ3v) is 5.04. The fourth-order valence-electron chi connectivity index (χ4n) is 2.54. The molecule has 4 rings (SSSR count). The van der Waals surface area contributed by atoms with Gasteiger partial charge in [-0.15, -0.1) is 11.3 Å². The first kappa shape index (κ1) is 16.0. The van der Waals surface area contributed by atoms with Gasteiger partial charge in [-0.1, -0.05) is 15.9 Å². The molecular formula is C18H12BrN3O2S. The van der Waals surface area contributed by atoms with Gasteiger partial charge in [0.1, 0.15) is 5.58 Å². The highest BCUT2D eigenvalue weighted by Crippen LogP contribution is 2.29. The molecule has 0 saturated carbocycles. The molecule has 1 N–H and O–H groups in total. The second-order valence-electron chi connectivity index (χ2n) is 5.43. The topological polar surface area (TPSA) is 68.0 Å². The second kappa shape index (κ2) is 6.42. The Labute approximate surface area is 155 Å². The van der Waals surface area contributed by atoms with E-state index in [2.05, 4.69) is 31.2 Å². The fraction of sp³-hybridized carbons (Fsp3) is 0.0556. The van der Waals surface area contributed by atoms with Crippen molar-refractivity contribution in [2.45, 2.75) is 6.92 Å². The first-order valence-corrected chi connectivity index (χ1v) is 9.15. The molecule has 1 amide bonds. The zero-order valence-corrected chi connectivity index (χ0v) is 15.5. The summed E-state index contributed by atoms with van der Waals surface area (Å²) in [6.45, 7) is 1.87. The number of anilines is 1. The second-order valence-corrected chi connectivity index (χ2v) is 7.20. The number of carbonyl (C=O) groups excluding carboxylic acids is 1. The van der Waals surface area contributed by atoms with Crippen LogP contribution >= 0.6 is 27.3 Å². The average molecular weight is 414 g/mol. The van der Waals surface area contributed by atoms with Crippen molar-refractivity contribution >= 4 is 49.3 Å². The van der Waals surface area contributed by atoms with Gasteiger partial charge in [0, 0.05) is 38.8 Å². The zero-order chi connectivity index (χ0) is 17.4. The number of thiazole rings is 1. The Bertz CT molecular complexity index is 1070. The number of aryl methyl sites for hydroxylation is 1. The Kier molecular flexibility index (Phi) is 4.10. The van der Waals surface area contributed by atoms with Crippen molar-refractivity contribution in [3.63, 3.8) is 0 Å². The predicted octanol–water partition coefficient (Wildman–Crippen LogP) is 5.27. The smallest absolute Gasteiger partial charge is 0.293 e. The molecule has 25 heavy (non-hydrogen) atoms. The maximum Gasteiger partial charge on any atom is 0.293 e. The van der Waals surface area contributed by atoms with E-state index in [1.54, 1.807) is 12.4 Å². The van der Waals surface area contributed by atoms with Crippen molar-refractivity contribution in [1.82, 2.24) is 9.97 Å². The molecule has 3 aromatic heterocycles. The summed E-state index contributed by atoms with van der Waals surface area (Å²) in [4.78, 5) is 21.1. The van der Waals surface area contributed by atoms with E-state index in [9.17, 15) is 4.79 Å². The lowest BCUT2D eigenvalue weighted by molar-refractivity contribution is 0.0998. The lowest BCUT2D eigenvalue weighted by atomic mass is 10.1. The van der Waals surface area contributed by atoms with Gasteiger partial charge in [-0.05, 0) is 37.3 Å². The van der Waals surface area contributed by atoms with Gasteiger partial charge in [-0.25, -0.2) is 4.98 Å². The number of aromatic nitrogens is 2. The first-order valence-electron chi connectivity index (χ1n) is 7.48. The summed E-state index contributed by atoms with van der Waals surface area (Å²) in [5.41, 5.74) is 3.17. The molecule has 0 aliphatic rings. The van der Waals surface area contributed by atoms with Crippen LogP contribution in [0.2, 0.25) is 0 Å². The number of fused-ring (bicyclic) bond motifs is 1. The van der Waals surface area contributed by atoms with Crippen LogP contribution in [0, 0.1) is 6.92 Å². The molecule has 0 radical (unpaired) electrons. The van der Waals surface area contributed by atoms with Crippen LogP contribution in [0.25, 0.3) is 22.2 Å². The number of rotatable bonds is 3. The highest BCUT2D eigenvalue weighted by molar-refractivity contribution is 9.10. The molecule has 0 fully saturated rings. The number of furan rings is 1. The minimum absolute atomic E-state index is 0.297. The van der Waals surface area contributed by atoms with Gasteiger partial charge in [-0.2, -0.15) is 0 Å². The van der Waals surface area contributed by atoms with E-state index in [4.69, 9.17) is 4.42 Å². The molecular weight excluding hydrogens is 402 g/mol. The molecule has 1 aromatic carbocycles. The number of halogens is 1. The summed E-state index contributed by atoms with van der Waals surface area (Å²) in [6.07, 6.45) is 3.45. The molecule has 0 atom stereocenters. The molecule has 124 valence electrons. The number of amides is 1. The van der Waals surface area contributed by atoms with Crippen molar-refractivity contribution in [2.75, 3.05) is 5.32 Å². The van der Waals surface area contributed by atoms with Crippen LogP contribution < -0.4 is 5.32 Å². The van der Waals surface area contributed by atoms with Crippen LogP contribution in [0.5, 0.6) is 0 Å². The van der Waals surface area contributed by atoms with Crippen LogP contribution in [0.1, 0.15) is 16.1 Å². The van der Waals surface area contributed by atoms with E-state index < -0.39 is 0 Å². The molecule has 0 aliphatic heterocycles. The number of pyridine rings is 1. The predicted molar refractivity (Wildman–Crippen MR) is 102 cm³/mol. The van der Waals surface area contributed by atoms with E-state index in [0.29, 0.717) is 16.5 Å². The van der Waals surface area contributed by atoms with Crippen molar-refractivity contribution in [3.8, 4) is 11.3 Å². The maximum absolute atomic E-state index is 12.6. The SMILES string of the molecule is Cc1c(C(=O)Nc2nc(-c3cccnc3)cs2)oc2ccc(Br)cc12. The molecule has 0 saturated heterocycles. The summed E-state index contributed by atoms with van der Waals surface area (Å²) >= 11 is 4.80. The molecule has 0 spiro atoms. The summed E-state index contributed by atoms with van der Waals surface area (Å²) < 4.78 is 6.65. The van der Waals surface area contributed by atoms with Crippen LogP contribution in [0.3, 0.4) is 0 Å².